The summed E-state index contributed by atoms with van der Waals surface area (Å²) in [7, 11) is 1.57. The van der Waals surface area contributed by atoms with Gasteiger partial charge in [0.2, 0.25) is 0 Å². The van der Waals surface area contributed by atoms with Crippen LogP contribution in [0.25, 0.3) is 6.08 Å². The molecular formula is C25H30O4. The lowest BCUT2D eigenvalue weighted by Gasteiger charge is -2.20. The van der Waals surface area contributed by atoms with Gasteiger partial charge in [0.25, 0.3) is 0 Å². The van der Waals surface area contributed by atoms with E-state index in [1.165, 1.54) is 6.08 Å². The van der Waals surface area contributed by atoms with E-state index < -0.39 is 0 Å². The Kier molecular flexibility index (Phi) is 7.77. The Morgan fingerprint density at radius 1 is 1.03 bits per heavy atom. The van der Waals surface area contributed by atoms with Crippen molar-refractivity contribution in [2.45, 2.75) is 46.0 Å². The zero-order chi connectivity index (χ0) is 21.4. The average Bonchev–Trinajstić information content (AvgIpc) is 2.71. The Morgan fingerprint density at radius 3 is 2.31 bits per heavy atom. The third-order valence-corrected chi connectivity index (χ3v) is 4.64. The maximum atomic E-state index is 13.1. The van der Waals surface area contributed by atoms with Crippen molar-refractivity contribution >= 4 is 17.8 Å². The predicted octanol–water partition coefficient (Wildman–Crippen LogP) is 5.58. The number of unbranched alkanes of at least 4 members (excludes halogenated alkanes) is 1. The van der Waals surface area contributed by atoms with Gasteiger partial charge in [-0.05, 0) is 41.2 Å². The molecule has 29 heavy (non-hydrogen) atoms. The number of benzene rings is 2. The van der Waals surface area contributed by atoms with Crippen LogP contribution in [0, 0.1) is 0 Å². The van der Waals surface area contributed by atoms with E-state index in [4.69, 9.17) is 9.47 Å². The normalized spacial score (nSPS) is 11.5. The number of ketones is 1. The van der Waals surface area contributed by atoms with Crippen molar-refractivity contribution in [2.24, 2.45) is 0 Å². The van der Waals surface area contributed by atoms with Gasteiger partial charge < -0.3 is 9.47 Å². The zero-order valence-corrected chi connectivity index (χ0v) is 18.0. The first-order chi connectivity index (χ1) is 13.8. The first kappa shape index (κ1) is 22.4. The molecule has 2 aromatic rings. The predicted molar refractivity (Wildman–Crippen MR) is 116 cm³/mol. The molecule has 0 bridgehead atoms. The van der Waals surface area contributed by atoms with Gasteiger partial charge in [-0.3, -0.25) is 4.79 Å². The van der Waals surface area contributed by atoms with Crippen LogP contribution in [-0.4, -0.2) is 25.5 Å². The number of hydrogen-bond donors (Lipinski definition) is 0. The molecule has 0 radical (unpaired) electrons. The van der Waals surface area contributed by atoms with Crippen LogP contribution in [0.3, 0.4) is 0 Å². The van der Waals surface area contributed by atoms with Crippen LogP contribution in [0.5, 0.6) is 5.75 Å². The molecule has 0 N–H and O–H groups in total. The molecule has 0 amide bonds. The molecule has 0 aliphatic carbocycles. The number of methoxy groups -OCH3 is 1. The number of rotatable bonds is 8. The highest BCUT2D eigenvalue weighted by atomic mass is 16.5. The molecule has 0 aromatic heterocycles. The minimum absolute atomic E-state index is 0.0678. The van der Waals surface area contributed by atoms with Crippen molar-refractivity contribution in [3.05, 3.63) is 70.8 Å². The Balaban J connectivity index is 2.17. The maximum Gasteiger partial charge on any atom is 0.330 e. The molecule has 0 spiro atoms. The first-order valence-corrected chi connectivity index (χ1v) is 9.94. The summed E-state index contributed by atoms with van der Waals surface area (Å²) >= 11 is 0. The van der Waals surface area contributed by atoms with Gasteiger partial charge in [-0.15, -0.1) is 0 Å². The molecule has 2 rings (SSSR count). The summed E-state index contributed by atoms with van der Waals surface area (Å²) in [5.74, 6) is 0.103. The van der Waals surface area contributed by atoms with Crippen molar-refractivity contribution < 1.29 is 19.1 Å². The fourth-order valence-corrected chi connectivity index (χ4v) is 2.78. The Labute approximate surface area is 173 Å². The van der Waals surface area contributed by atoms with Gasteiger partial charge in [-0.1, -0.05) is 64.4 Å². The standard InChI is InChI=1S/C25H30O4/c1-6-7-16-29-23(26)15-10-18-8-11-19(12-9-18)24(27)21-17-20(25(2,3)4)13-14-22(21)28-5/h8-15,17H,6-7,16H2,1-5H3/b15-10+. The number of carbonyl (C=O) groups excluding carboxylic acids is 2. The van der Waals surface area contributed by atoms with Crippen molar-refractivity contribution in [2.75, 3.05) is 13.7 Å². The van der Waals surface area contributed by atoms with E-state index in [0.29, 0.717) is 23.5 Å². The molecule has 0 atom stereocenters. The lowest BCUT2D eigenvalue weighted by Crippen LogP contribution is -2.13. The van der Waals surface area contributed by atoms with E-state index in [-0.39, 0.29) is 17.2 Å². The second-order valence-electron chi connectivity index (χ2n) is 7.97. The van der Waals surface area contributed by atoms with Gasteiger partial charge in [-0.25, -0.2) is 4.79 Å². The van der Waals surface area contributed by atoms with Crippen LogP contribution in [0.1, 0.15) is 67.6 Å². The van der Waals surface area contributed by atoms with Gasteiger partial charge in [0.15, 0.2) is 5.78 Å². The monoisotopic (exact) mass is 394 g/mol. The average molecular weight is 395 g/mol. The van der Waals surface area contributed by atoms with Crippen LogP contribution in [-0.2, 0) is 14.9 Å². The van der Waals surface area contributed by atoms with Crippen LogP contribution in [0.2, 0.25) is 0 Å². The summed E-state index contributed by atoms with van der Waals surface area (Å²) in [4.78, 5) is 24.7. The van der Waals surface area contributed by atoms with Gasteiger partial charge in [0, 0.05) is 11.6 Å². The number of carbonyl (C=O) groups is 2. The van der Waals surface area contributed by atoms with E-state index in [1.807, 2.05) is 37.3 Å². The quantitative estimate of drug-likeness (QED) is 0.254. The number of ether oxygens (including phenoxy) is 2. The third-order valence-electron chi connectivity index (χ3n) is 4.64. The van der Waals surface area contributed by atoms with Gasteiger partial charge in [-0.2, -0.15) is 0 Å². The highest BCUT2D eigenvalue weighted by Crippen LogP contribution is 2.29. The maximum absolute atomic E-state index is 13.1. The number of esters is 1. The van der Waals surface area contributed by atoms with E-state index in [2.05, 4.69) is 20.8 Å². The Morgan fingerprint density at radius 2 is 1.72 bits per heavy atom. The van der Waals surface area contributed by atoms with Crippen LogP contribution < -0.4 is 4.74 Å². The van der Waals surface area contributed by atoms with Gasteiger partial charge in [0.1, 0.15) is 5.75 Å². The summed E-state index contributed by atoms with van der Waals surface area (Å²) in [6, 6.07) is 12.9. The largest absolute Gasteiger partial charge is 0.496 e. The SMILES string of the molecule is CCCCOC(=O)/C=C/c1ccc(C(=O)c2cc(C(C)(C)C)ccc2OC)cc1. The lowest BCUT2D eigenvalue weighted by molar-refractivity contribution is -0.137. The molecule has 2 aromatic carbocycles. The molecule has 4 nitrogen and oxygen atoms in total. The minimum Gasteiger partial charge on any atom is -0.496 e. The smallest absolute Gasteiger partial charge is 0.330 e. The molecule has 4 heteroatoms. The highest BCUT2D eigenvalue weighted by Gasteiger charge is 2.20. The van der Waals surface area contributed by atoms with E-state index in [9.17, 15) is 9.59 Å². The van der Waals surface area contributed by atoms with Crippen molar-refractivity contribution in [3.63, 3.8) is 0 Å². The summed E-state index contributed by atoms with van der Waals surface area (Å²) in [6.07, 6.45) is 4.93. The molecule has 154 valence electrons. The molecule has 0 fully saturated rings. The van der Waals surface area contributed by atoms with Crippen LogP contribution >= 0.6 is 0 Å². The number of hydrogen-bond acceptors (Lipinski definition) is 4. The van der Waals surface area contributed by atoms with E-state index >= 15 is 0 Å². The molecule has 0 saturated carbocycles. The molecule has 0 aliphatic heterocycles. The second-order valence-corrected chi connectivity index (χ2v) is 7.97. The summed E-state index contributed by atoms with van der Waals surface area (Å²) in [6.45, 7) is 8.80. The van der Waals surface area contributed by atoms with E-state index in [0.717, 1.165) is 24.0 Å². The zero-order valence-electron chi connectivity index (χ0n) is 18.0. The molecule has 0 aliphatic rings. The van der Waals surface area contributed by atoms with Crippen LogP contribution in [0.15, 0.2) is 48.5 Å². The first-order valence-electron chi connectivity index (χ1n) is 9.94. The van der Waals surface area contributed by atoms with Crippen molar-refractivity contribution in [3.8, 4) is 5.75 Å². The molecule has 0 heterocycles. The fraction of sp³-hybridized carbons (Fsp3) is 0.360. The fourth-order valence-electron chi connectivity index (χ4n) is 2.78. The highest BCUT2D eigenvalue weighted by molar-refractivity contribution is 6.11. The topological polar surface area (TPSA) is 52.6 Å². The lowest BCUT2D eigenvalue weighted by atomic mass is 9.85. The summed E-state index contributed by atoms with van der Waals surface area (Å²) < 4.78 is 10.5. The minimum atomic E-state index is -0.359. The van der Waals surface area contributed by atoms with Gasteiger partial charge >= 0.3 is 5.97 Å². The van der Waals surface area contributed by atoms with Crippen molar-refractivity contribution in [1.82, 2.24) is 0 Å². The summed E-state index contributed by atoms with van der Waals surface area (Å²) in [5.41, 5.74) is 2.94. The molecule has 0 saturated heterocycles. The Hall–Kier alpha value is -2.88. The van der Waals surface area contributed by atoms with Crippen molar-refractivity contribution in [1.29, 1.82) is 0 Å². The van der Waals surface area contributed by atoms with Gasteiger partial charge in [0.05, 0.1) is 19.3 Å². The molecule has 0 unspecified atom stereocenters. The Bertz CT molecular complexity index is 871. The third kappa shape index (κ3) is 6.31. The summed E-state index contributed by atoms with van der Waals surface area (Å²) in [5, 5.41) is 0. The van der Waals surface area contributed by atoms with E-state index in [1.54, 1.807) is 25.3 Å². The second kappa shape index (κ2) is 10.1. The molecular weight excluding hydrogens is 364 g/mol. The van der Waals surface area contributed by atoms with Crippen LogP contribution in [0.4, 0.5) is 0 Å².